The summed E-state index contributed by atoms with van der Waals surface area (Å²) in [5.74, 6) is 0.0616. The first-order valence-corrected chi connectivity index (χ1v) is 6.80. The van der Waals surface area contributed by atoms with E-state index in [4.69, 9.17) is 4.74 Å². The number of ether oxygens (including phenoxy) is 1. The Morgan fingerprint density at radius 3 is 2.94 bits per heavy atom. The summed E-state index contributed by atoms with van der Waals surface area (Å²) in [6.07, 6.45) is 3.85. The van der Waals surface area contributed by atoms with Gasteiger partial charge in [0.2, 0.25) is 5.91 Å². The standard InChI is InChI=1S/C13H24N2O3/c1-18-10-13(4-5-13)9-14-12(17)8-15-6-2-3-11(16)7-15/h11,16H,2-10H2,1H3,(H,14,17)/t11-/m1/s1. The Kier molecular flexibility index (Phi) is 4.59. The number of aliphatic hydroxyl groups is 1. The maximum atomic E-state index is 11.8. The highest BCUT2D eigenvalue weighted by molar-refractivity contribution is 5.78. The van der Waals surface area contributed by atoms with Gasteiger partial charge in [-0.2, -0.15) is 0 Å². The van der Waals surface area contributed by atoms with E-state index in [0.29, 0.717) is 13.1 Å². The fraction of sp³-hybridized carbons (Fsp3) is 0.923. The zero-order valence-corrected chi connectivity index (χ0v) is 11.2. The quantitative estimate of drug-likeness (QED) is 0.701. The zero-order chi connectivity index (χ0) is 13.0. The molecule has 2 fully saturated rings. The van der Waals surface area contributed by atoms with Crippen LogP contribution in [-0.2, 0) is 9.53 Å². The summed E-state index contributed by atoms with van der Waals surface area (Å²) < 4.78 is 5.17. The number of aliphatic hydroxyl groups excluding tert-OH is 1. The van der Waals surface area contributed by atoms with Crippen molar-refractivity contribution in [3.05, 3.63) is 0 Å². The molecule has 0 bridgehead atoms. The van der Waals surface area contributed by atoms with E-state index in [9.17, 15) is 9.90 Å². The third-order valence-corrected chi connectivity index (χ3v) is 3.92. The number of hydrogen-bond acceptors (Lipinski definition) is 4. The van der Waals surface area contributed by atoms with Crippen LogP contribution in [0.15, 0.2) is 0 Å². The molecule has 104 valence electrons. The summed E-state index contributed by atoms with van der Waals surface area (Å²) >= 11 is 0. The third kappa shape index (κ3) is 3.93. The molecule has 0 unspecified atom stereocenters. The number of rotatable bonds is 6. The lowest BCUT2D eigenvalue weighted by atomic mass is 10.1. The Morgan fingerprint density at radius 2 is 2.33 bits per heavy atom. The van der Waals surface area contributed by atoms with E-state index in [0.717, 1.165) is 45.4 Å². The van der Waals surface area contributed by atoms with E-state index >= 15 is 0 Å². The third-order valence-electron chi connectivity index (χ3n) is 3.92. The minimum Gasteiger partial charge on any atom is -0.392 e. The van der Waals surface area contributed by atoms with Crippen molar-refractivity contribution in [2.24, 2.45) is 5.41 Å². The Bertz CT molecular complexity index is 292. The van der Waals surface area contributed by atoms with Gasteiger partial charge >= 0.3 is 0 Å². The second kappa shape index (κ2) is 5.99. The first-order chi connectivity index (χ1) is 8.63. The van der Waals surface area contributed by atoms with Gasteiger partial charge in [-0.25, -0.2) is 0 Å². The van der Waals surface area contributed by atoms with E-state index in [1.54, 1.807) is 7.11 Å². The SMILES string of the molecule is COCC1(CNC(=O)CN2CCC[C@@H](O)C2)CC1. The van der Waals surface area contributed by atoms with Gasteiger partial charge in [-0.05, 0) is 32.2 Å². The molecule has 1 saturated carbocycles. The Hall–Kier alpha value is -0.650. The molecule has 18 heavy (non-hydrogen) atoms. The molecule has 2 N–H and O–H groups in total. The van der Waals surface area contributed by atoms with E-state index in [2.05, 4.69) is 5.32 Å². The molecule has 1 aliphatic carbocycles. The molecule has 0 aromatic rings. The number of likely N-dealkylation sites (tertiary alicyclic amines) is 1. The van der Waals surface area contributed by atoms with Crippen LogP contribution in [-0.4, -0.2) is 61.9 Å². The lowest BCUT2D eigenvalue weighted by Gasteiger charge is -2.29. The van der Waals surface area contributed by atoms with Crippen LogP contribution in [0.4, 0.5) is 0 Å². The molecule has 1 heterocycles. The molecular weight excluding hydrogens is 232 g/mol. The average molecular weight is 256 g/mol. The predicted molar refractivity (Wildman–Crippen MR) is 68.2 cm³/mol. The van der Waals surface area contributed by atoms with Crippen LogP contribution in [0, 0.1) is 5.41 Å². The number of carbonyl (C=O) groups is 1. The molecule has 0 spiro atoms. The number of β-amino-alcohol motifs (C(OH)–C–C–N with tert-alkyl or cyclic N) is 1. The number of nitrogens with zero attached hydrogens (tertiary/aromatic N) is 1. The van der Waals surface area contributed by atoms with Crippen LogP contribution in [0.1, 0.15) is 25.7 Å². The van der Waals surface area contributed by atoms with Gasteiger partial charge in [0.1, 0.15) is 0 Å². The van der Waals surface area contributed by atoms with Crippen molar-refractivity contribution in [2.45, 2.75) is 31.8 Å². The molecule has 0 aromatic carbocycles. The van der Waals surface area contributed by atoms with E-state index in [1.807, 2.05) is 4.90 Å². The fourth-order valence-corrected chi connectivity index (χ4v) is 2.57. The van der Waals surface area contributed by atoms with E-state index in [-0.39, 0.29) is 17.4 Å². The first-order valence-electron chi connectivity index (χ1n) is 6.80. The van der Waals surface area contributed by atoms with Crippen LogP contribution in [0.3, 0.4) is 0 Å². The Labute approximate surface area is 108 Å². The summed E-state index contributed by atoms with van der Waals surface area (Å²) in [4.78, 5) is 13.8. The minimum atomic E-state index is -0.269. The van der Waals surface area contributed by atoms with Crippen LogP contribution >= 0.6 is 0 Å². The van der Waals surface area contributed by atoms with Crippen LogP contribution in [0.2, 0.25) is 0 Å². The molecule has 1 saturated heterocycles. The second-order valence-corrected chi connectivity index (χ2v) is 5.74. The molecular formula is C13H24N2O3. The van der Waals surface area contributed by atoms with E-state index in [1.165, 1.54) is 0 Å². The highest BCUT2D eigenvalue weighted by Gasteiger charge is 2.42. The van der Waals surface area contributed by atoms with E-state index < -0.39 is 0 Å². The van der Waals surface area contributed by atoms with Gasteiger partial charge in [-0.1, -0.05) is 0 Å². The topological polar surface area (TPSA) is 61.8 Å². The Morgan fingerprint density at radius 1 is 1.56 bits per heavy atom. The highest BCUT2D eigenvalue weighted by Crippen LogP contribution is 2.44. The van der Waals surface area contributed by atoms with Crippen molar-refractivity contribution < 1.29 is 14.6 Å². The molecule has 2 rings (SSSR count). The second-order valence-electron chi connectivity index (χ2n) is 5.74. The number of amides is 1. The lowest BCUT2D eigenvalue weighted by molar-refractivity contribution is -0.123. The van der Waals surface area contributed by atoms with Crippen molar-refractivity contribution in [2.75, 3.05) is 39.9 Å². The zero-order valence-electron chi connectivity index (χ0n) is 11.2. The molecule has 0 radical (unpaired) electrons. The molecule has 1 amide bonds. The van der Waals surface area contributed by atoms with Gasteiger partial charge in [0.15, 0.2) is 0 Å². The van der Waals surface area contributed by atoms with Gasteiger partial charge in [0.25, 0.3) is 0 Å². The monoisotopic (exact) mass is 256 g/mol. The van der Waals surface area contributed by atoms with Gasteiger partial charge < -0.3 is 15.2 Å². The minimum absolute atomic E-state index is 0.0616. The highest BCUT2D eigenvalue weighted by atomic mass is 16.5. The summed E-state index contributed by atoms with van der Waals surface area (Å²) in [6.45, 7) is 3.39. The number of methoxy groups -OCH3 is 1. The van der Waals surface area contributed by atoms with Gasteiger partial charge in [-0.3, -0.25) is 9.69 Å². The summed E-state index contributed by atoms with van der Waals surface area (Å²) in [7, 11) is 1.71. The lowest BCUT2D eigenvalue weighted by Crippen LogP contribution is -2.45. The summed E-state index contributed by atoms with van der Waals surface area (Å²) in [5.41, 5.74) is 0.200. The van der Waals surface area contributed by atoms with Gasteiger partial charge in [0.05, 0.1) is 19.3 Å². The van der Waals surface area contributed by atoms with Gasteiger partial charge in [0, 0.05) is 25.6 Å². The number of piperidine rings is 1. The largest absolute Gasteiger partial charge is 0.392 e. The summed E-state index contributed by atoms with van der Waals surface area (Å²) in [6, 6.07) is 0. The normalized spacial score (nSPS) is 26.9. The molecule has 5 heteroatoms. The van der Waals surface area contributed by atoms with Crippen LogP contribution < -0.4 is 5.32 Å². The van der Waals surface area contributed by atoms with Crippen LogP contribution in [0.5, 0.6) is 0 Å². The van der Waals surface area contributed by atoms with Gasteiger partial charge in [-0.15, -0.1) is 0 Å². The number of hydrogen-bond donors (Lipinski definition) is 2. The molecule has 1 atom stereocenters. The smallest absolute Gasteiger partial charge is 0.234 e. The van der Waals surface area contributed by atoms with Crippen LogP contribution in [0.25, 0.3) is 0 Å². The molecule has 1 aliphatic heterocycles. The Balaban J connectivity index is 1.66. The van der Waals surface area contributed by atoms with Crippen molar-refractivity contribution in [3.63, 3.8) is 0 Å². The predicted octanol–water partition coefficient (Wildman–Crippen LogP) is -0.0141. The fourth-order valence-electron chi connectivity index (χ4n) is 2.57. The maximum absolute atomic E-state index is 11.8. The maximum Gasteiger partial charge on any atom is 0.234 e. The molecule has 2 aliphatic rings. The van der Waals surface area contributed by atoms with Crippen molar-refractivity contribution in [1.29, 1.82) is 0 Å². The van der Waals surface area contributed by atoms with Crippen molar-refractivity contribution in [1.82, 2.24) is 10.2 Å². The summed E-state index contributed by atoms with van der Waals surface area (Å²) in [5, 5.41) is 12.5. The van der Waals surface area contributed by atoms with Crippen molar-refractivity contribution >= 4 is 5.91 Å². The molecule has 0 aromatic heterocycles. The average Bonchev–Trinajstić information content (AvgIpc) is 3.08. The number of nitrogens with one attached hydrogen (secondary N) is 1. The number of carbonyl (C=O) groups excluding carboxylic acids is 1. The first kappa shape index (κ1) is 13.8. The molecule has 5 nitrogen and oxygen atoms in total. The van der Waals surface area contributed by atoms with Crippen molar-refractivity contribution in [3.8, 4) is 0 Å².